The van der Waals surface area contributed by atoms with Crippen LogP contribution in [-0.4, -0.2) is 9.97 Å². The first-order chi connectivity index (χ1) is 11.7. The maximum Gasteiger partial charge on any atom is 0.132 e. The SMILES string of the molecule is C[C@H](N[C@@H](C)c1ccccc1Oc1ccccc1)c1cnccn1. The number of hydrogen-bond acceptors (Lipinski definition) is 4. The Morgan fingerprint density at radius 2 is 1.62 bits per heavy atom. The third-order valence-corrected chi connectivity index (χ3v) is 3.88. The Kier molecular flexibility index (Phi) is 5.18. The summed E-state index contributed by atoms with van der Waals surface area (Å²) in [5, 5.41) is 3.56. The summed E-state index contributed by atoms with van der Waals surface area (Å²) in [6.45, 7) is 4.21. The van der Waals surface area contributed by atoms with E-state index in [1.807, 2.05) is 48.5 Å². The molecule has 0 aliphatic rings. The van der Waals surface area contributed by atoms with Crippen LogP contribution < -0.4 is 10.1 Å². The molecule has 1 aromatic heterocycles. The van der Waals surface area contributed by atoms with Gasteiger partial charge in [0.05, 0.1) is 5.69 Å². The van der Waals surface area contributed by atoms with Crippen molar-refractivity contribution in [3.63, 3.8) is 0 Å². The zero-order valence-electron chi connectivity index (χ0n) is 13.9. The van der Waals surface area contributed by atoms with Crippen LogP contribution in [0.15, 0.2) is 73.2 Å². The van der Waals surface area contributed by atoms with Crippen molar-refractivity contribution in [1.29, 1.82) is 0 Å². The van der Waals surface area contributed by atoms with Gasteiger partial charge in [-0.2, -0.15) is 0 Å². The second-order valence-corrected chi connectivity index (χ2v) is 5.69. The lowest BCUT2D eigenvalue weighted by molar-refractivity contribution is 0.442. The number of para-hydroxylation sites is 2. The van der Waals surface area contributed by atoms with Crippen LogP contribution in [0.4, 0.5) is 0 Å². The summed E-state index contributed by atoms with van der Waals surface area (Å²) in [4.78, 5) is 8.49. The van der Waals surface area contributed by atoms with E-state index in [9.17, 15) is 0 Å². The molecule has 1 heterocycles. The zero-order chi connectivity index (χ0) is 16.8. The van der Waals surface area contributed by atoms with Crippen molar-refractivity contribution in [2.24, 2.45) is 0 Å². The average molecular weight is 319 g/mol. The second-order valence-electron chi connectivity index (χ2n) is 5.69. The van der Waals surface area contributed by atoms with E-state index in [2.05, 4.69) is 35.2 Å². The van der Waals surface area contributed by atoms with Crippen LogP contribution in [0.25, 0.3) is 0 Å². The molecule has 0 aliphatic heterocycles. The highest BCUT2D eigenvalue weighted by Crippen LogP contribution is 2.30. The predicted molar refractivity (Wildman–Crippen MR) is 95.0 cm³/mol. The summed E-state index contributed by atoms with van der Waals surface area (Å²) in [5.74, 6) is 1.69. The van der Waals surface area contributed by atoms with Crippen molar-refractivity contribution in [3.8, 4) is 11.5 Å². The minimum atomic E-state index is 0.0958. The number of rotatable bonds is 6. The molecule has 0 bridgehead atoms. The van der Waals surface area contributed by atoms with Gasteiger partial charge in [0.1, 0.15) is 11.5 Å². The minimum Gasteiger partial charge on any atom is -0.457 e. The molecule has 4 nitrogen and oxygen atoms in total. The van der Waals surface area contributed by atoms with Gasteiger partial charge in [-0.05, 0) is 32.0 Å². The Morgan fingerprint density at radius 1 is 0.875 bits per heavy atom. The van der Waals surface area contributed by atoms with Crippen LogP contribution in [0, 0.1) is 0 Å². The van der Waals surface area contributed by atoms with Crippen molar-refractivity contribution in [3.05, 3.63) is 84.4 Å². The molecular weight excluding hydrogens is 298 g/mol. The predicted octanol–water partition coefficient (Wildman–Crippen LogP) is 4.68. The molecule has 4 heteroatoms. The molecule has 0 radical (unpaired) electrons. The highest BCUT2D eigenvalue weighted by Gasteiger charge is 2.16. The van der Waals surface area contributed by atoms with Crippen molar-refractivity contribution < 1.29 is 4.74 Å². The van der Waals surface area contributed by atoms with E-state index >= 15 is 0 Å². The molecule has 3 aromatic rings. The van der Waals surface area contributed by atoms with Gasteiger partial charge in [-0.25, -0.2) is 0 Å². The van der Waals surface area contributed by atoms with Gasteiger partial charge in [0, 0.05) is 36.2 Å². The first kappa shape index (κ1) is 16.1. The number of benzene rings is 2. The highest BCUT2D eigenvalue weighted by molar-refractivity contribution is 5.39. The number of nitrogens with one attached hydrogen (secondary N) is 1. The Bertz CT molecular complexity index is 762. The summed E-state index contributed by atoms with van der Waals surface area (Å²) < 4.78 is 6.05. The molecule has 122 valence electrons. The third-order valence-electron chi connectivity index (χ3n) is 3.88. The van der Waals surface area contributed by atoms with Gasteiger partial charge < -0.3 is 10.1 Å². The van der Waals surface area contributed by atoms with Crippen LogP contribution in [0.1, 0.15) is 37.2 Å². The Hall–Kier alpha value is -2.72. The minimum absolute atomic E-state index is 0.0958. The molecule has 0 saturated heterocycles. The van der Waals surface area contributed by atoms with E-state index in [1.165, 1.54) is 0 Å². The maximum atomic E-state index is 6.05. The first-order valence-electron chi connectivity index (χ1n) is 8.08. The van der Waals surface area contributed by atoms with Gasteiger partial charge in [-0.15, -0.1) is 0 Å². The van der Waals surface area contributed by atoms with Crippen molar-refractivity contribution >= 4 is 0 Å². The van der Waals surface area contributed by atoms with E-state index in [0.717, 1.165) is 22.8 Å². The monoisotopic (exact) mass is 319 g/mol. The summed E-state index contributed by atoms with van der Waals surface area (Å²) in [6.07, 6.45) is 5.18. The number of nitrogens with zero attached hydrogens (tertiary/aromatic N) is 2. The van der Waals surface area contributed by atoms with Gasteiger partial charge in [0.15, 0.2) is 0 Å². The standard InChI is InChI=1S/C20H21N3O/c1-15(23-16(2)19-14-21-12-13-22-19)18-10-6-7-11-20(18)24-17-8-4-3-5-9-17/h3-16,23H,1-2H3/t15-,16-/m0/s1. The smallest absolute Gasteiger partial charge is 0.132 e. The fourth-order valence-corrected chi connectivity index (χ4v) is 2.63. The fraction of sp³-hybridized carbons (Fsp3) is 0.200. The lowest BCUT2D eigenvalue weighted by Crippen LogP contribution is -2.23. The average Bonchev–Trinajstić information content (AvgIpc) is 2.63. The molecule has 0 amide bonds. The third kappa shape index (κ3) is 3.97. The quantitative estimate of drug-likeness (QED) is 0.716. The lowest BCUT2D eigenvalue weighted by atomic mass is 10.1. The first-order valence-corrected chi connectivity index (χ1v) is 8.08. The second kappa shape index (κ2) is 7.70. The van der Waals surface area contributed by atoms with Gasteiger partial charge >= 0.3 is 0 Å². The molecule has 0 fully saturated rings. The van der Waals surface area contributed by atoms with Crippen LogP contribution in [-0.2, 0) is 0 Å². The van der Waals surface area contributed by atoms with Gasteiger partial charge in [-0.1, -0.05) is 36.4 Å². The molecular formula is C20H21N3O. The highest BCUT2D eigenvalue weighted by atomic mass is 16.5. The Labute approximate surface area is 142 Å². The topological polar surface area (TPSA) is 47.0 Å². The van der Waals surface area contributed by atoms with Crippen molar-refractivity contribution in [1.82, 2.24) is 15.3 Å². The zero-order valence-corrected chi connectivity index (χ0v) is 13.9. The van der Waals surface area contributed by atoms with Crippen LogP contribution >= 0.6 is 0 Å². The van der Waals surface area contributed by atoms with Gasteiger partial charge in [0.25, 0.3) is 0 Å². The Balaban J connectivity index is 1.76. The largest absolute Gasteiger partial charge is 0.457 e. The molecule has 1 N–H and O–H groups in total. The van der Waals surface area contributed by atoms with Crippen LogP contribution in [0.3, 0.4) is 0 Å². The van der Waals surface area contributed by atoms with Crippen LogP contribution in [0.2, 0.25) is 0 Å². The van der Waals surface area contributed by atoms with E-state index < -0.39 is 0 Å². The van der Waals surface area contributed by atoms with Gasteiger partial charge in [0.2, 0.25) is 0 Å². The number of hydrogen-bond donors (Lipinski definition) is 1. The summed E-state index contributed by atoms with van der Waals surface area (Å²) in [7, 11) is 0. The lowest BCUT2D eigenvalue weighted by Gasteiger charge is -2.22. The summed E-state index contributed by atoms with van der Waals surface area (Å²) in [6, 6.07) is 18.1. The number of ether oxygens (including phenoxy) is 1. The molecule has 0 unspecified atom stereocenters. The van der Waals surface area contributed by atoms with E-state index in [1.54, 1.807) is 18.6 Å². The van der Waals surface area contributed by atoms with E-state index in [0.29, 0.717) is 0 Å². The Morgan fingerprint density at radius 3 is 2.38 bits per heavy atom. The molecule has 24 heavy (non-hydrogen) atoms. The molecule has 0 spiro atoms. The van der Waals surface area contributed by atoms with Crippen LogP contribution in [0.5, 0.6) is 11.5 Å². The van der Waals surface area contributed by atoms with E-state index in [4.69, 9.17) is 4.74 Å². The number of aromatic nitrogens is 2. The normalized spacial score (nSPS) is 13.2. The summed E-state index contributed by atoms with van der Waals surface area (Å²) >= 11 is 0. The van der Waals surface area contributed by atoms with Gasteiger partial charge in [-0.3, -0.25) is 9.97 Å². The molecule has 0 aliphatic carbocycles. The van der Waals surface area contributed by atoms with Crippen molar-refractivity contribution in [2.75, 3.05) is 0 Å². The molecule has 3 rings (SSSR count). The summed E-state index contributed by atoms with van der Waals surface area (Å²) in [5.41, 5.74) is 2.03. The van der Waals surface area contributed by atoms with Crippen molar-refractivity contribution in [2.45, 2.75) is 25.9 Å². The molecule has 2 atom stereocenters. The fourth-order valence-electron chi connectivity index (χ4n) is 2.63. The van der Waals surface area contributed by atoms with E-state index in [-0.39, 0.29) is 12.1 Å². The molecule has 2 aromatic carbocycles. The molecule has 0 saturated carbocycles. The maximum absolute atomic E-state index is 6.05.